The average Bonchev–Trinajstić information content (AvgIpc) is 3.49. The van der Waals surface area contributed by atoms with E-state index < -0.39 is 11.0 Å². The van der Waals surface area contributed by atoms with Crippen LogP contribution in [0, 0.1) is 0 Å². The van der Waals surface area contributed by atoms with Gasteiger partial charge in [0.2, 0.25) is 0 Å². The number of aromatic nitrogens is 3. The van der Waals surface area contributed by atoms with Gasteiger partial charge in [-0.05, 0) is 48.2 Å². The Morgan fingerprint density at radius 3 is 2.59 bits per heavy atom. The number of nitrogens with zero attached hydrogens (tertiary/aromatic N) is 5. The Labute approximate surface area is 211 Å². The lowest BCUT2D eigenvalue weighted by Gasteiger charge is -2.24. The zero-order valence-electron chi connectivity index (χ0n) is 19.4. The standard InChI is InChI=1S/C25H26ClN5OS2/c1-4-21-24(29(2)25-28-22(16-33-25)18-5-8-20(26)9-6-18)31-15-19(7-10-23(31)27-21)17-11-13-30(14-12-17)34(3)32/h5-11,15-16H,4,12-14H2,1-3H3. The number of thiazole rings is 1. The smallest absolute Gasteiger partial charge is 0.191 e. The Morgan fingerprint density at radius 1 is 1.15 bits per heavy atom. The second kappa shape index (κ2) is 9.62. The molecule has 34 heavy (non-hydrogen) atoms. The Bertz CT molecular complexity index is 1390. The van der Waals surface area contributed by atoms with Crippen molar-refractivity contribution in [1.29, 1.82) is 0 Å². The number of hydrogen-bond donors (Lipinski definition) is 0. The van der Waals surface area contributed by atoms with Crippen molar-refractivity contribution in [2.45, 2.75) is 19.8 Å². The maximum absolute atomic E-state index is 11.8. The minimum atomic E-state index is -0.933. The van der Waals surface area contributed by atoms with Gasteiger partial charge in [-0.2, -0.15) is 0 Å². The van der Waals surface area contributed by atoms with E-state index in [0.717, 1.165) is 52.9 Å². The maximum atomic E-state index is 11.8. The van der Waals surface area contributed by atoms with E-state index in [-0.39, 0.29) is 0 Å². The molecule has 9 heteroatoms. The molecule has 0 radical (unpaired) electrons. The van der Waals surface area contributed by atoms with Crippen LogP contribution in [0.25, 0.3) is 22.5 Å². The highest BCUT2D eigenvalue weighted by molar-refractivity contribution is 7.81. The quantitative estimate of drug-likeness (QED) is 0.327. The van der Waals surface area contributed by atoms with Crippen molar-refractivity contribution < 1.29 is 4.21 Å². The van der Waals surface area contributed by atoms with Gasteiger partial charge >= 0.3 is 0 Å². The largest absolute Gasteiger partial charge is 0.305 e. The van der Waals surface area contributed by atoms with E-state index in [2.05, 4.69) is 46.0 Å². The molecule has 0 N–H and O–H groups in total. The summed E-state index contributed by atoms with van der Waals surface area (Å²) in [7, 11) is 1.12. The molecule has 0 fully saturated rings. The van der Waals surface area contributed by atoms with Crippen LogP contribution in [0.3, 0.4) is 0 Å². The molecular weight excluding hydrogens is 486 g/mol. The van der Waals surface area contributed by atoms with Gasteiger partial charge in [-0.25, -0.2) is 18.5 Å². The summed E-state index contributed by atoms with van der Waals surface area (Å²) in [5.41, 5.74) is 6.38. The monoisotopic (exact) mass is 511 g/mol. The second-order valence-electron chi connectivity index (χ2n) is 8.25. The first-order valence-corrected chi connectivity index (χ1v) is 14.0. The summed E-state index contributed by atoms with van der Waals surface area (Å²) < 4.78 is 15.9. The van der Waals surface area contributed by atoms with Gasteiger partial charge in [0.15, 0.2) is 5.13 Å². The number of imidazole rings is 1. The van der Waals surface area contributed by atoms with Gasteiger partial charge in [-0.3, -0.25) is 4.40 Å². The van der Waals surface area contributed by atoms with Crippen LogP contribution in [0.4, 0.5) is 10.9 Å². The molecule has 0 amide bonds. The highest BCUT2D eigenvalue weighted by atomic mass is 35.5. The number of benzene rings is 1. The molecule has 0 bridgehead atoms. The summed E-state index contributed by atoms with van der Waals surface area (Å²) in [4.78, 5) is 11.9. The molecule has 0 saturated heterocycles. The normalized spacial score (nSPS) is 15.5. The molecule has 1 atom stereocenters. The van der Waals surface area contributed by atoms with Gasteiger partial charge in [0.05, 0.1) is 22.4 Å². The van der Waals surface area contributed by atoms with Gasteiger partial charge in [-0.15, -0.1) is 11.3 Å². The predicted molar refractivity (Wildman–Crippen MR) is 143 cm³/mol. The van der Waals surface area contributed by atoms with E-state index in [9.17, 15) is 4.21 Å². The van der Waals surface area contributed by atoms with Crippen LogP contribution in [0.2, 0.25) is 5.02 Å². The van der Waals surface area contributed by atoms with E-state index >= 15 is 0 Å². The fraction of sp³-hybridized carbons (Fsp3) is 0.280. The Hall–Kier alpha value is -2.52. The van der Waals surface area contributed by atoms with Crippen LogP contribution < -0.4 is 4.90 Å². The third-order valence-electron chi connectivity index (χ3n) is 6.14. The number of pyridine rings is 1. The molecule has 3 aromatic heterocycles. The van der Waals surface area contributed by atoms with Crippen molar-refractivity contribution in [1.82, 2.24) is 18.7 Å². The third kappa shape index (κ3) is 4.43. The summed E-state index contributed by atoms with van der Waals surface area (Å²) in [5.74, 6) is 1.03. The predicted octanol–water partition coefficient (Wildman–Crippen LogP) is 5.82. The van der Waals surface area contributed by atoms with Gasteiger partial charge < -0.3 is 4.90 Å². The van der Waals surface area contributed by atoms with E-state index in [4.69, 9.17) is 21.6 Å². The highest BCUT2D eigenvalue weighted by Crippen LogP contribution is 2.34. The van der Waals surface area contributed by atoms with Gasteiger partial charge in [0.25, 0.3) is 0 Å². The summed E-state index contributed by atoms with van der Waals surface area (Å²) in [5, 5.41) is 3.70. The Kier molecular flexibility index (Phi) is 6.57. The minimum absolute atomic E-state index is 0.708. The van der Waals surface area contributed by atoms with Gasteiger partial charge in [0.1, 0.15) is 11.5 Å². The van der Waals surface area contributed by atoms with E-state index in [1.54, 1.807) is 17.6 Å². The molecule has 0 aliphatic carbocycles. The van der Waals surface area contributed by atoms with E-state index in [1.165, 1.54) is 11.1 Å². The van der Waals surface area contributed by atoms with Crippen molar-refractivity contribution in [2.24, 2.45) is 0 Å². The van der Waals surface area contributed by atoms with Crippen LogP contribution in [-0.2, 0) is 17.4 Å². The summed E-state index contributed by atoms with van der Waals surface area (Å²) in [6.45, 7) is 3.64. The number of anilines is 2. The molecule has 1 aromatic carbocycles. The first kappa shape index (κ1) is 23.2. The Morgan fingerprint density at radius 2 is 1.91 bits per heavy atom. The fourth-order valence-electron chi connectivity index (χ4n) is 4.27. The third-order valence-corrected chi connectivity index (χ3v) is 8.37. The van der Waals surface area contributed by atoms with Crippen LogP contribution in [0.5, 0.6) is 0 Å². The summed E-state index contributed by atoms with van der Waals surface area (Å²) in [6, 6.07) is 12.0. The van der Waals surface area contributed by atoms with Crippen LogP contribution in [-0.4, -0.2) is 49.3 Å². The number of halogens is 1. The van der Waals surface area contributed by atoms with Crippen LogP contribution >= 0.6 is 22.9 Å². The lowest BCUT2D eigenvalue weighted by molar-refractivity contribution is 0.486. The lowest BCUT2D eigenvalue weighted by Crippen LogP contribution is -2.29. The number of fused-ring (bicyclic) bond motifs is 1. The molecule has 1 aliphatic heterocycles. The van der Waals surface area contributed by atoms with Crippen LogP contribution in [0.1, 0.15) is 24.6 Å². The second-order valence-corrected chi connectivity index (χ2v) is 10.9. The summed E-state index contributed by atoms with van der Waals surface area (Å²) in [6.07, 6.45) is 7.80. The molecule has 1 unspecified atom stereocenters. The van der Waals surface area contributed by atoms with Crippen molar-refractivity contribution in [3.05, 3.63) is 70.3 Å². The first-order valence-electron chi connectivity index (χ1n) is 11.2. The number of rotatable bonds is 6. The topological polar surface area (TPSA) is 53.7 Å². The van der Waals surface area contributed by atoms with E-state index in [0.29, 0.717) is 11.6 Å². The average molecular weight is 512 g/mol. The summed E-state index contributed by atoms with van der Waals surface area (Å²) >= 11 is 7.66. The fourth-order valence-corrected chi connectivity index (χ4v) is 5.83. The molecule has 0 saturated carbocycles. The number of aryl methyl sites for hydroxylation is 1. The zero-order valence-corrected chi connectivity index (χ0v) is 21.8. The molecule has 1 aliphatic rings. The highest BCUT2D eigenvalue weighted by Gasteiger charge is 2.21. The molecule has 6 nitrogen and oxygen atoms in total. The van der Waals surface area contributed by atoms with E-state index in [1.807, 2.05) is 35.6 Å². The van der Waals surface area contributed by atoms with Gasteiger partial charge in [-0.1, -0.05) is 36.7 Å². The molecule has 5 rings (SSSR count). The SMILES string of the molecule is CCc1nc2ccc(C3=CCN(S(C)=O)CC3)cn2c1N(C)c1nc(-c2ccc(Cl)cc2)cs1. The van der Waals surface area contributed by atoms with Gasteiger partial charge in [0, 0.05) is 48.6 Å². The number of hydrogen-bond acceptors (Lipinski definition) is 5. The van der Waals surface area contributed by atoms with Crippen LogP contribution in [0.15, 0.2) is 54.1 Å². The first-order chi connectivity index (χ1) is 16.4. The molecule has 4 aromatic rings. The lowest BCUT2D eigenvalue weighted by atomic mass is 10.0. The zero-order chi connectivity index (χ0) is 23.8. The van der Waals surface area contributed by atoms with Crippen molar-refractivity contribution in [3.8, 4) is 11.3 Å². The minimum Gasteiger partial charge on any atom is -0.305 e. The maximum Gasteiger partial charge on any atom is 0.191 e. The Balaban J connectivity index is 1.51. The molecule has 0 spiro atoms. The van der Waals surface area contributed by atoms with Crippen molar-refractivity contribution in [2.75, 3.05) is 31.3 Å². The van der Waals surface area contributed by atoms with Crippen molar-refractivity contribution in [3.63, 3.8) is 0 Å². The molecule has 4 heterocycles. The van der Waals surface area contributed by atoms with Crippen molar-refractivity contribution >= 4 is 56.1 Å². The molecular formula is C25H26ClN5OS2. The molecule has 176 valence electrons.